The number of hydrogen-bond donors (Lipinski definition) is 3. The van der Waals surface area contributed by atoms with Crippen molar-refractivity contribution in [2.45, 2.75) is 18.8 Å². The monoisotopic (exact) mass is 242 g/mol. The predicted molar refractivity (Wildman–Crippen MR) is 67.3 cm³/mol. The van der Waals surface area contributed by atoms with Gasteiger partial charge in [0.05, 0.1) is 17.4 Å². The zero-order chi connectivity index (χ0) is 12.5. The van der Waals surface area contributed by atoms with Crippen LogP contribution in [-0.4, -0.2) is 20.8 Å². The van der Waals surface area contributed by atoms with Crippen LogP contribution >= 0.6 is 0 Å². The molecule has 1 aromatic carbocycles. The molecule has 0 bridgehead atoms. The van der Waals surface area contributed by atoms with E-state index in [2.05, 4.69) is 17.2 Å². The van der Waals surface area contributed by atoms with Crippen LogP contribution in [0.2, 0.25) is 0 Å². The topological polar surface area (TPSA) is 73.9 Å². The second-order valence-corrected chi connectivity index (χ2v) is 4.53. The van der Waals surface area contributed by atoms with E-state index in [0.717, 1.165) is 11.6 Å². The molecular formula is C13H14N4O. The lowest BCUT2D eigenvalue weighted by atomic mass is 10.1. The van der Waals surface area contributed by atoms with E-state index in [1.165, 1.54) is 18.4 Å². The number of nitrogens with one attached hydrogen (secondary N) is 2. The summed E-state index contributed by atoms with van der Waals surface area (Å²) >= 11 is 0. The Balaban J connectivity index is 1.85. The van der Waals surface area contributed by atoms with Gasteiger partial charge in [-0.15, -0.1) is 0 Å². The zero-order valence-electron chi connectivity index (χ0n) is 9.80. The summed E-state index contributed by atoms with van der Waals surface area (Å²) in [6.45, 7) is 0. The van der Waals surface area contributed by atoms with Gasteiger partial charge in [0.15, 0.2) is 5.84 Å². The van der Waals surface area contributed by atoms with Crippen molar-refractivity contribution in [3.8, 4) is 5.69 Å². The molecule has 18 heavy (non-hydrogen) atoms. The third kappa shape index (κ3) is 2.00. The molecule has 1 aliphatic rings. The molecule has 1 heterocycles. The van der Waals surface area contributed by atoms with Gasteiger partial charge < -0.3 is 0 Å². The summed E-state index contributed by atoms with van der Waals surface area (Å²) in [4.78, 5) is 0. The molecule has 3 N–H and O–H groups in total. The molecule has 5 heteroatoms. The maximum atomic E-state index is 8.66. The lowest BCUT2D eigenvalue weighted by Gasteiger charge is -2.03. The Labute approximate surface area is 105 Å². The van der Waals surface area contributed by atoms with Crippen LogP contribution in [0.25, 0.3) is 5.69 Å². The second kappa shape index (κ2) is 4.27. The number of benzene rings is 1. The number of aromatic nitrogens is 2. The molecule has 2 aromatic rings. The van der Waals surface area contributed by atoms with Crippen molar-refractivity contribution in [1.82, 2.24) is 15.3 Å². The second-order valence-electron chi connectivity index (χ2n) is 4.53. The number of hydroxylamine groups is 1. The maximum Gasteiger partial charge on any atom is 0.152 e. The van der Waals surface area contributed by atoms with Crippen LogP contribution in [0.15, 0.2) is 36.7 Å². The first kappa shape index (κ1) is 11.0. The van der Waals surface area contributed by atoms with Gasteiger partial charge in [0.25, 0.3) is 0 Å². The molecule has 1 aliphatic carbocycles. The molecule has 92 valence electrons. The molecule has 5 nitrogen and oxygen atoms in total. The Kier molecular flexibility index (Phi) is 2.60. The van der Waals surface area contributed by atoms with Crippen molar-refractivity contribution in [3.05, 3.63) is 47.8 Å². The normalized spacial score (nSPS) is 14.5. The fourth-order valence-electron chi connectivity index (χ4n) is 1.97. The van der Waals surface area contributed by atoms with Crippen LogP contribution in [-0.2, 0) is 0 Å². The molecule has 0 unspecified atom stereocenters. The van der Waals surface area contributed by atoms with Gasteiger partial charge in [-0.3, -0.25) is 16.1 Å². The van der Waals surface area contributed by atoms with E-state index in [-0.39, 0.29) is 5.84 Å². The first-order valence-corrected chi connectivity index (χ1v) is 5.92. The molecule has 3 rings (SSSR count). The van der Waals surface area contributed by atoms with Crippen LogP contribution in [0.1, 0.15) is 29.9 Å². The Bertz CT molecular complexity index is 569. The van der Waals surface area contributed by atoms with E-state index in [9.17, 15) is 0 Å². The molecule has 0 radical (unpaired) electrons. The summed E-state index contributed by atoms with van der Waals surface area (Å²) in [5.41, 5.74) is 4.69. The van der Waals surface area contributed by atoms with Crippen LogP contribution in [0.4, 0.5) is 0 Å². The van der Waals surface area contributed by atoms with Crippen molar-refractivity contribution in [2.24, 2.45) is 0 Å². The van der Waals surface area contributed by atoms with Gasteiger partial charge in [-0.25, -0.2) is 4.68 Å². The van der Waals surface area contributed by atoms with Gasteiger partial charge in [-0.1, -0.05) is 12.1 Å². The molecule has 0 saturated heterocycles. The van der Waals surface area contributed by atoms with Crippen molar-refractivity contribution < 1.29 is 5.21 Å². The van der Waals surface area contributed by atoms with Gasteiger partial charge in [0, 0.05) is 6.20 Å². The fourth-order valence-corrected chi connectivity index (χ4v) is 1.97. The van der Waals surface area contributed by atoms with Gasteiger partial charge >= 0.3 is 0 Å². The highest BCUT2D eigenvalue weighted by molar-refractivity contribution is 5.95. The van der Waals surface area contributed by atoms with Crippen molar-refractivity contribution in [3.63, 3.8) is 0 Å². The van der Waals surface area contributed by atoms with Crippen molar-refractivity contribution >= 4 is 5.84 Å². The highest BCUT2D eigenvalue weighted by Gasteiger charge is 2.23. The van der Waals surface area contributed by atoms with Crippen molar-refractivity contribution in [1.29, 1.82) is 5.41 Å². The van der Waals surface area contributed by atoms with E-state index in [4.69, 9.17) is 10.6 Å². The molecular weight excluding hydrogens is 228 g/mol. The Morgan fingerprint density at radius 1 is 1.33 bits per heavy atom. The molecule has 0 spiro atoms. The highest BCUT2D eigenvalue weighted by atomic mass is 16.5. The summed E-state index contributed by atoms with van der Waals surface area (Å²) in [7, 11) is 0. The first-order valence-electron chi connectivity index (χ1n) is 5.92. The Morgan fingerprint density at radius 3 is 2.67 bits per heavy atom. The van der Waals surface area contributed by atoms with Crippen LogP contribution in [0.5, 0.6) is 0 Å². The third-order valence-corrected chi connectivity index (χ3v) is 3.19. The average molecular weight is 242 g/mol. The summed E-state index contributed by atoms with van der Waals surface area (Å²) in [5, 5.41) is 20.3. The zero-order valence-corrected chi connectivity index (χ0v) is 9.80. The van der Waals surface area contributed by atoms with Crippen LogP contribution in [0.3, 0.4) is 0 Å². The van der Waals surface area contributed by atoms with Gasteiger partial charge in [-0.2, -0.15) is 5.10 Å². The minimum atomic E-state index is -0.0594. The molecule has 0 aliphatic heterocycles. The van der Waals surface area contributed by atoms with Gasteiger partial charge in [0.1, 0.15) is 0 Å². The SMILES string of the molecule is N=C(NO)c1cnn(-c2ccc(C3CC3)cc2)c1. The standard InChI is InChI=1S/C13H14N4O/c14-13(16-18)11-7-15-17(8-11)12-5-3-10(4-6-12)9-1-2-9/h3-9,18H,1-2H2,(H2,14,16). The largest absolute Gasteiger partial charge is 0.290 e. The minimum absolute atomic E-state index is 0.0594. The quantitative estimate of drug-likeness (QED) is 0.438. The Hall–Kier alpha value is -2.14. The first-order chi connectivity index (χ1) is 8.78. The summed E-state index contributed by atoms with van der Waals surface area (Å²) in [5.74, 6) is 0.690. The molecule has 0 atom stereocenters. The van der Waals surface area contributed by atoms with Gasteiger partial charge in [-0.05, 0) is 36.5 Å². The predicted octanol–water partition coefficient (Wildman–Crippen LogP) is 2.05. The third-order valence-electron chi connectivity index (χ3n) is 3.19. The number of nitrogens with zero attached hydrogens (tertiary/aromatic N) is 2. The number of amidine groups is 1. The fraction of sp³-hybridized carbons (Fsp3) is 0.231. The van der Waals surface area contributed by atoms with Gasteiger partial charge in [0.2, 0.25) is 0 Å². The summed E-state index contributed by atoms with van der Waals surface area (Å²) < 4.78 is 1.69. The lowest BCUT2D eigenvalue weighted by Crippen LogP contribution is -2.17. The summed E-state index contributed by atoms with van der Waals surface area (Å²) in [6, 6.07) is 8.31. The van der Waals surface area contributed by atoms with E-state index in [1.54, 1.807) is 17.1 Å². The lowest BCUT2D eigenvalue weighted by molar-refractivity contribution is 0.234. The smallest absolute Gasteiger partial charge is 0.152 e. The van der Waals surface area contributed by atoms with Crippen LogP contribution in [0, 0.1) is 5.41 Å². The average Bonchev–Trinajstić information content (AvgIpc) is 3.15. The van der Waals surface area contributed by atoms with E-state index >= 15 is 0 Å². The van der Waals surface area contributed by atoms with Crippen LogP contribution < -0.4 is 5.48 Å². The number of rotatable bonds is 3. The molecule has 1 aromatic heterocycles. The molecule has 1 saturated carbocycles. The van der Waals surface area contributed by atoms with Crippen molar-refractivity contribution in [2.75, 3.05) is 0 Å². The van der Waals surface area contributed by atoms with E-state index in [0.29, 0.717) is 5.56 Å². The summed E-state index contributed by atoms with van der Waals surface area (Å²) in [6.07, 6.45) is 5.84. The highest BCUT2D eigenvalue weighted by Crippen LogP contribution is 2.40. The molecule has 0 amide bonds. The molecule has 1 fully saturated rings. The van der Waals surface area contributed by atoms with E-state index in [1.807, 2.05) is 17.6 Å². The Morgan fingerprint density at radius 2 is 2.06 bits per heavy atom. The minimum Gasteiger partial charge on any atom is -0.290 e. The van der Waals surface area contributed by atoms with E-state index < -0.39 is 0 Å². The maximum absolute atomic E-state index is 8.66. The number of hydrogen-bond acceptors (Lipinski definition) is 3.